The molecule has 0 bridgehead atoms. The number of hydrogen-bond donors (Lipinski definition) is 0. The van der Waals surface area contributed by atoms with Crippen LogP contribution in [-0.2, 0) is 9.08 Å². The molecule has 0 unspecified atom stereocenters. The van der Waals surface area contributed by atoms with Crippen LogP contribution in [0.1, 0.15) is 6.42 Å². The van der Waals surface area contributed by atoms with Gasteiger partial charge in [0.2, 0.25) is 5.91 Å². The number of nitrogens with zero attached hydrogens (tertiary/aromatic N) is 1. The molecule has 2 rings (SSSR count). The molecule has 1 amide bonds. The number of carbonyl (C=O) groups excluding carboxylic acids is 1. The molecule has 1 heterocycles. The molecule has 0 aromatic rings. The number of halogens is 2. The van der Waals surface area contributed by atoms with E-state index in [-0.39, 0.29) is 17.9 Å². The lowest BCUT2D eigenvalue weighted by Gasteiger charge is -2.37. The predicted octanol–water partition coefficient (Wildman–Crippen LogP) is 0.726. The van der Waals surface area contributed by atoms with Crippen LogP contribution >= 0.6 is 11.9 Å². The van der Waals surface area contributed by atoms with Gasteiger partial charge in [0.1, 0.15) is 12.3 Å². The first kappa shape index (κ1) is 8.26. The zero-order valence-electron chi connectivity index (χ0n) is 6.37. The quantitative estimate of drug-likeness (QED) is 0.647. The van der Waals surface area contributed by atoms with Crippen LogP contribution in [0.15, 0.2) is 0 Å². The molecule has 1 saturated carbocycles. The number of hydrogen-bond acceptors (Lipinski definition) is 2. The highest BCUT2D eigenvalue weighted by Gasteiger charge is 2.48. The van der Waals surface area contributed by atoms with E-state index in [2.05, 4.69) is 4.29 Å². The maximum Gasteiger partial charge on any atom is 0.228 e. The third kappa shape index (κ3) is 1.29. The molecule has 1 saturated heterocycles. The molecule has 12 heavy (non-hydrogen) atoms. The molecular weight excluding hydrogens is 185 g/mol. The Bertz CT molecular complexity index is 208. The summed E-state index contributed by atoms with van der Waals surface area (Å²) >= 11 is 5.09. The van der Waals surface area contributed by atoms with E-state index in [1.54, 1.807) is 4.90 Å². The summed E-state index contributed by atoms with van der Waals surface area (Å²) in [7, 11) is 0. The number of likely N-dealkylation sites (tertiary alicyclic amines) is 1. The van der Waals surface area contributed by atoms with Crippen molar-refractivity contribution in [2.24, 2.45) is 5.92 Å². The molecule has 0 N–H and O–H groups in total. The van der Waals surface area contributed by atoms with E-state index >= 15 is 0 Å². The Morgan fingerprint density at radius 2 is 2.17 bits per heavy atom. The van der Waals surface area contributed by atoms with Crippen molar-refractivity contribution in [3.05, 3.63) is 0 Å². The van der Waals surface area contributed by atoms with Gasteiger partial charge in [0, 0.05) is 0 Å². The van der Waals surface area contributed by atoms with Gasteiger partial charge in [0.25, 0.3) is 0 Å². The Morgan fingerprint density at radius 3 is 2.58 bits per heavy atom. The van der Waals surface area contributed by atoms with Crippen molar-refractivity contribution in [1.82, 2.24) is 4.90 Å². The van der Waals surface area contributed by atoms with Crippen LogP contribution in [0.3, 0.4) is 0 Å². The second-order valence-electron chi connectivity index (χ2n) is 3.31. The zero-order chi connectivity index (χ0) is 8.72. The fourth-order valence-corrected chi connectivity index (χ4v) is 1.44. The normalized spacial score (nSPS) is 34.7. The molecule has 5 heteroatoms. The fraction of sp³-hybridized carbons (Fsp3) is 0.857. The van der Waals surface area contributed by atoms with Gasteiger partial charge in [-0.1, -0.05) is 0 Å². The molecule has 68 valence electrons. The molecule has 2 aliphatic rings. The Hall–Kier alpha value is -0.350. The summed E-state index contributed by atoms with van der Waals surface area (Å²) in [5.74, 6) is -0.464. The van der Waals surface area contributed by atoms with Gasteiger partial charge in [0.15, 0.2) is 0 Å². The second-order valence-corrected chi connectivity index (χ2v) is 3.49. The van der Waals surface area contributed by atoms with Crippen molar-refractivity contribution in [3.63, 3.8) is 0 Å². The van der Waals surface area contributed by atoms with E-state index in [0.717, 1.165) is 0 Å². The summed E-state index contributed by atoms with van der Waals surface area (Å²) in [5.41, 5.74) is 0. The van der Waals surface area contributed by atoms with E-state index in [1.807, 2.05) is 0 Å². The summed E-state index contributed by atoms with van der Waals surface area (Å²) in [6, 6.07) is 0. The Kier molecular flexibility index (Phi) is 1.96. The van der Waals surface area contributed by atoms with Crippen LogP contribution in [0.2, 0.25) is 0 Å². The molecule has 2 atom stereocenters. The average Bonchev–Trinajstić information content (AvgIpc) is 2.64. The highest BCUT2D eigenvalue weighted by Crippen LogP contribution is 2.36. The zero-order valence-corrected chi connectivity index (χ0v) is 7.13. The largest absolute Gasteiger partial charge is 0.337 e. The molecule has 2 fully saturated rings. The first-order valence-corrected chi connectivity index (χ1v) is 4.23. The Morgan fingerprint density at radius 1 is 1.58 bits per heavy atom. The summed E-state index contributed by atoms with van der Waals surface area (Å²) in [5, 5.41) is 0. The molecular formula is C7H9ClFNO2. The first-order valence-electron chi connectivity index (χ1n) is 3.92. The summed E-state index contributed by atoms with van der Waals surface area (Å²) in [6.07, 6.45) is -0.581. The van der Waals surface area contributed by atoms with Gasteiger partial charge in [-0.3, -0.25) is 9.08 Å². The van der Waals surface area contributed by atoms with Crippen LogP contribution in [0, 0.1) is 5.92 Å². The lowest BCUT2D eigenvalue weighted by molar-refractivity contribution is -0.141. The van der Waals surface area contributed by atoms with E-state index in [1.165, 1.54) is 0 Å². The Labute approximate surface area is 74.6 Å². The van der Waals surface area contributed by atoms with Gasteiger partial charge in [-0.25, -0.2) is 4.39 Å². The van der Waals surface area contributed by atoms with Gasteiger partial charge in [-0.05, 0) is 6.42 Å². The third-order valence-corrected chi connectivity index (χ3v) is 2.57. The van der Waals surface area contributed by atoms with Gasteiger partial charge < -0.3 is 4.90 Å². The van der Waals surface area contributed by atoms with Crippen molar-refractivity contribution in [2.75, 3.05) is 13.1 Å². The van der Waals surface area contributed by atoms with Gasteiger partial charge in [0.05, 0.1) is 30.9 Å². The van der Waals surface area contributed by atoms with Crippen molar-refractivity contribution in [2.45, 2.75) is 18.7 Å². The molecule has 0 aromatic carbocycles. The SMILES string of the molecule is O=C([C@@H]1C[C@@H]1F)N1CC(OCl)C1. The maximum absolute atomic E-state index is 12.4. The van der Waals surface area contributed by atoms with Crippen molar-refractivity contribution in [1.29, 1.82) is 0 Å². The summed E-state index contributed by atoms with van der Waals surface area (Å²) in [4.78, 5) is 12.8. The lowest BCUT2D eigenvalue weighted by atomic mass is 10.1. The van der Waals surface area contributed by atoms with Crippen molar-refractivity contribution < 1.29 is 13.5 Å². The van der Waals surface area contributed by atoms with Gasteiger partial charge >= 0.3 is 0 Å². The number of carbonyl (C=O) groups is 1. The highest BCUT2D eigenvalue weighted by molar-refractivity contribution is 6.07. The maximum atomic E-state index is 12.4. The minimum atomic E-state index is -0.909. The minimum absolute atomic E-state index is 0.0626. The fourth-order valence-electron chi connectivity index (χ4n) is 1.33. The number of rotatable bonds is 2. The molecule has 0 spiro atoms. The van der Waals surface area contributed by atoms with E-state index in [9.17, 15) is 9.18 Å². The molecule has 1 aliphatic carbocycles. The molecule has 1 aliphatic heterocycles. The van der Waals surface area contributed by atoms with Crippen LogP contribution in [0.5, 0.6) is 0 Å². The van der Waals surface area contributed by atoms with E-state index in [0.29, 0.717) is 19.5 Å². The van der Waals surface area contributed by atoms with Crippen molar-refractivity contribution in [3.8, 4) is 0 Å². The summed E-state index contributed by atoms with van der Waals surface area (Å²) in [6.45, 7) is 1.01. The minimum Gasteiger partial charge on any atom is -0.337 e. The molecule has 3 nitrogen and oxygen atoms in total. The first-order chi connectivity index (χ1) is 5.72. The third-order valence-electron chi connectivity index (χ3n) is 2.32. The topological polar surface area (TPSA) is 29.5 Å². The van der Waals surface area contributed by atoms with Gasteiger partial charge in [-0.2, -0.15) is 0 Å². The number of alkyl halides is 1. The predicted molar refractivity (Wildman–Crippen MR) is 40.3 cm³/mol. The van der Waals surface area contributed by atoms with E-state index < -0.39 is 6.17 Å². The van der Waals surface area contributed by atoms with Gasteiger partial charge in [-0.15, -0.1) is 0 Å². The van der Waals surface area contributed by atoms with Crippen LogP contribution in [-0.4, -0.2) is 36.2 Å². The lowest BCUT2D eigenvalue weighted by Crippen LogP contribution is -2.54. The van der Waals surface area contributed by atoms with Crippen molar-refractivity contribution >= 4 is 17.8 Å². The standard InChI is InChI=1S/C7H9ClFNO2/c8-12-4-2-10(3-4)7(11)5-1-6(5)9/h4-6H,1-3H2/t5-,6+/m1/s1. The average molecular weight is 194 g/mol. The van der Waals surface area contributed by atoms with Crippen LogP contribution in [0.25, 0.3) is 0 Å². The smallest absolute Gasteiger partial charge is 0.228 e. The Balaban J connectivity index is 1.77. The molecule has 0 aromatic heterocycles. The molecule has 0 radical (unpaired) electrons. The van der Waals surface area contributed by atoms with Crippen LogP contribution in [0.4, 0.5) is 4.39 Å². The van der Waals surface area contributed by atoms with Crippen LogP contribution < -0.4 is 0 Å². The second kappa shape index (κ2) is 2.85. The van der Waals surface area contributed by atoms with E-state index in [4.69, 9.17) is 11.9 Å². The monoisotopic (exact) mass is 193 g/mol. The number of amides is 1. The summed E-state index contributed by atoms with van der Waals surface area (Å²) < 4.78 is 16.9. The highest BCUT2D eigenvalue weighted by atomic mass is 35.5.